The van der Waals surface area contributed by atoms with Crippen LogP contribution in [0.4, 0.5) is 0 Å². The summed E-state index contributed by atoms with van der Waals surface area (Å²) in [4.78, 5) is 0. The molecule has 0 bridgehead atoms. The van der Waals surface area contributed by atoms with Crippen molar-refractivity contribution >= 4 is 10.1 Å². The molecule has 0 amide bonds. The van der Waals surface area contributed by atoms with Crippen LogP contribution in [0.3, 0.4) is 0 Å². The highest BCUT2D eigenvalue weighted by molar-refractivity contribution is 7.87. The quantitative estimate of drug-likeness (QED) is 0.495. The van der Waals surface area contributed by atoms with Crippen LogP contribution < -0.4 is 0 Å². The van der Waals surface area contributed by atoms with E-state index in [-0.39, 0.29) is 6.10 Å². The maximum atomic E-state index is 10.8. The Morgan fingerprint density at radius 1 is 1.55 bits per heavy atom. The zero-order valence-corrected chi connectivity index (χ0v) is 6.80. The van der Waals surface area contributed by atoms with Crippen molar-refractivity contribution in [1.29, 1.82) is 0 Å². The molecule has 5 heteroatoms. The van der Waals surface area contributed by atoms with Gasteiger partial charge in [-0.05, 0) is 19.3 Å². The maximum absolute atomic E-state index is 10.8. The Labute approximate surface area is 65.3 Å². The van der Waals surface area contributed by atoms with Gasteiger partial charge in [0, 0.05) is 0 Å². The third-order valence-corrected chi connectivity index (χ3v) is 4.03. The number of epoxide rings is 1. The lowest BCUT2D eigenvalue weighted by Crippen LogP contribution is -2.24. The Hall–Kier alpha value is -0.130. The van der Waals surface area contributed by atoms with Gasteiger partial charge < -0.3 is 4.74 Å². The van der Waals surface area contributed by atoms with E-state index in [4.69, 9.17) is 9.29 Å². The summed E-state index contributed by atoms with van der Waals surface area (Å²) in [6.45, 7) is 0.650. The van der Waals surface area contributed by atoms with Gasteiger partial charge in [0.25, 0.3) is 10.1 Å². The third-order valence-electron chi connectivity index (χ3n) is 2.36. The van der Waals surface area contributed by atoms with E-state index >= 15 is 0 Å². The minimum atomic E-state index is -3.83. The van der Waals surface area contributed by atoms with Crippen LogP contribution in [0.5, 0.6) is 0 Å². The molecule has 1 saturated heterocycles. The minimum Gasteiger partial charge on any atom is -0.373 e. The molecule has 1 aliphatic heterocycles. The Balaban J connectivity index is 2.09. The van der Waals surface area contributed by atoms with Crippen molar-refractivity contribution in [3.8, 4) is 0 Å². The molecule has 0 aromatic rings. The van der Waals surface area contributed by atoms with Gasteiger partial charge in [0.05, 0.1) is 12.7 Å². The van der Waals surface area contributed by atoms with Crippen LogP contribution in [-0.4, -0.2) is 30.4 Å². The first-order valence-corrected chi connectivity index (χ1v) is 5.06. The molecule has 1 N–H and O–H groups in total. The van der Waals surface area contributed by atoms with Crippen molar-refractivity contribution in [1.82, 2.24) is 0 Å². The lowest BCUT2D eigenvalue weighted by molar-refractivity contribution is 0.380. The summed E-state index contributed by atoms with van der Waals surface area (Å²) in [5.74, 6) is 0. The molecule has 0 aromatic heterocycles. The highest BCUT2D eigenvalue weighted by Crippen LogP contribution is 2.48. The summed E-state index contributed by atoms with van der Waals surface area (Å²) in [5, 5.41) is 0. The molecule has 0 unspecified atom stereocenters. The molecular formula is C6H10O4S. The second kappa shape index (κ2) is 1.97. The number of hydrogen-bond donors (Lipinski definition) is 1. The smallest absolute Gasteiger partial charge is 0.270 e. The van der Waals surface area contributed by atoms with E-state index < -0.39 is 14.9 Å². The highest BCUT2D eigenvalue weighted by atomic mass is 32.2. The Morgan fingerprint density at radius 2 is 2.09 bits per heavy atom. The predicted molar refractivity (Wildman–Crippen MR) is 37.9 cm³/mol. The molecule has 1 heterocycles. The van der Waals surface area contributed by atoms with Crippen molar-refractivity contribution in [3.05, 3.63) is 0 Å². The fraction of sp³-hybridized carbons (Fsp3) is 1.00. The number of rotatable bonds is 3. The molecule has 0 spiro atoms. The van der Waals surface area contributed by atoms with Crippen molar-refractivity contribution in [2.24, 2.45) is 0 Å². The maximum Gasteiger partial charge on any atom is 0.270 e. The summed E-state index contributed by atoms with van der Waals surface area (Å²) in [6.07, 6.45) is 1.74. The Kier molecular flexibility index (Phi) is 1.34. The number of hydrogen-bond acceptors (Lipinski definition) is 3. The summed E-state index contributed by atoms with van der Waals surface area (Å²) >= 11 is 0. The Morgan fingerprint density at radius 3 is 2.36 bits per heavy atom. The van der Waals surface area contributed by atoms with Gasteiger partial charge in [-0.25, -0.2) is 0 Å². The minimum absolute atomic E-state index is 0.0828. The summed E-state index contributed by atoms with van der Waals surface area (Å²) in [7, 11) is -3.83. The van der Waals surface area contributed by atoms with Crippen LogP contribution in [0.1, 0.15) is 19.3 Å². The van der Waals surface area contributed by atoms with Gasteiger partial charge in [-0.1, -0.05) is 0 Å². The molecule has 0 aromatic carbocycles. The van der Waals surface area contributed by atoms with Gasteiger partial charge in [0.2, 0.25) is 0 Å². The zero-order chi connectivity index (χ0) is 8.11. The first-order valence-electron chi connectivity index (χ1n) is 3.62. The standard InChI is InChI=1S/C6H10O4S/c7-11(8,9)6(1-2-6)3-5-4-10-5/h5H,1-4H2,(H,7,8,9)/t5-/m0/s1. The first-order chi connectivity index (χ1) is 5.04. The van der Waals surface area contributed by atoms with Gasteiger partial charge in [-0.2, -0.15) is 8.42 Å². The molecule has 2 fully saturated rings. The van der Waals surface area contributed by atoms with E-state index in [2.05, 4.69) is 0 Å². The predicted octanol–water partition coefficient (Wildman–Crippen LogP) is 0.196. The fourth-order valence-corrected chi connectivity index (χ4v) is 2.32. The molecule has 64 valence electrons. The van der Waals surface area contributed by atoms with Crippen molar-refractivity contribution in [2.45, 2.75) is 30.1 Å². The summed E-state index contributed by atoms with van der Waals surface area (Å²) in [6, 6.07) is 0. The van der Waals surface area contributed by atoms with Gasteiger partial charge in [0.15, 0.2) is 0 Å². The number of ether oxygens (including phenoxy) is 1. The Bertz CT molecular complexity index is 260. The molecule has 1 aliphatic carbocycles. The van der Waals surface area contributed by atoms with Crippen LogP contribution in [0, 0.1) is 0 Å². The van der Waals surface area contributed by atoms with Gasteiger partial charge >= 0.3 is 0 Å². The SMILES string of the molecule is O=S(=O)(O)C1(C[C@H]2CO2)CC1. The summed E-state index contributed by atoms with van der Waals surface area (Å²) in [5.41, 5.74) is 0. The zero-order valence-electron chi connectivity index (χ0n) is 5.99. The molecular weight excluding hydrogens is 168 g/mol. The highest BCUT2D eigenvalue weighted by Gasteiger charge is 2.56. The first kappa shape index (κ1) is 7.52. The van der Waals surface area contributed by atoms with Crippen LogP contribution in [0.2, 0.25) is 0 Å². The molecule has 2 rings (SSSR count). The normalized spacial score (nSPS) is 33.4. The molecule has 4 nitrogen and oxygen atoms in total. The van der Waals surface area contributed by atoms with Crippen molar-refractivity contribution in [3.63, 3.8) is 0 Å². The van der Waals surface area contributed by atoms with E-state index in [0.29, 0.717) is 25.9 Å². The van der Waals surface area contributed by atoms with E-state index in [1.165, 1.54) is 0 Å². The summed E-state index contributed by atoms with van der Waals surface area (Å²) < 4.78 is 34.4. The monoisotopic (exact) mass is 178 g/mol. The molecule has 1 saturated carbocycles. The average Bonchev–Trinajstić information content (AvgIpc) is 2.60. The van der Waals surface area contributed by atoms with Crippen LogP contribution in [0.15, 0.2) is 0 Å². The molecule has 11 heavy (non-hydrogen) atoms. The largest absolute Gasteiger partial charge is 0.373 e. The van der Waals surface area contributed by atoms with E-state index in [9.17, 15) is 8.42 Å². The van der Waals surface area contributed by atoms with Gasteiger partial charge in [0.1, 0.15) is 4.75 Å². The molecule has 1 atom stereocenters. The topological polar surface area (TPSA) is 66.9 Å². The second-order valence-electron chi connectivity index (χ2n) is 3.32. The van der Waals surface area contributed by atoms with Gasteiger partial charge in [-0.15, -0.1) is 0 Å². The van der Waals surface area contributed by atoms with Crippen LogP contribution in [-0.2, 0) is 14.9 Å². The van der Waals surface area contributed by atoms with Crippen molar-refractivity contribution < 1.29 is 17.7 Å². The molecule has 0 radical (unpaired) electrons. The van der Waals surface area contributed by atoms with Gasteiger partial charge in [-0.3, -0.25) is 4.55 Å². The van der Waals surface area contributed by atoms with Crippen molar-refractivity contribution in [2.75, 3.05) is 6.61 Å². The lowest BCUT2D eigenvalue weighted by atomic mass is 10.2. The van der Waals surface area contributed by atoms with Crippen LogP contribution >= 0.6 is 0 Å². The fourth-order valence-electron chi connectivity index (χ4n) is 1.31. The van der Waals surface area contributed by atoms with Crippen LogP contribution in [0.25, 0.3) is 0 Å². The van der Waals surface area contributed by atoms with E-state index in [0.717, 1.165) is 0 Å². The van der Waals surface area contributed by atoms with E-state index in [1.807, 2.05) is 0 Å². The third kappa shape index (κ3) is 1.28. The average molecular weight is 178 g/mol. The van der Waals surface area contributed by atoms with E-state index in [1.54, 1.807) is 0 Å². The second-order valence-corrected chi connectivity index (χ2v) is 5.13. The lowest BCUT2D eigenvalue weighted by Gasteiger charge is -2.07. The molecule has 2 aliphatic rings.